The number of nitrogens with one attached hydrogen (secondary N) is 1. The number of esters is 1. The Labute approximate surface area is 171 Å². The normalized spacial score (nSPS) is 19.5. The number of carbonyl (C=O) groups excluding carboxylic acids is 1. The number of rotatable bonds is 3. The zero-order valence-corrected chi connectivity index (χ0v) is 16.1. The first-order valence-corrected chi connectivity index (χ1v) is 9.59. The van der Waals surface area contributed by atoms with E-state index in [1.54, 1.807) is 30.5 Å². The number of carbonyl (C=O) groups is 1. The van der Waals surface area contributed by atoms with Crippen LogP contribution in [0.15, 0.2) is 48.7 Å². The van der Waals surface area contributed by atoms with Crippen LogP contribution in [0.1, 0.15) is 51.4 Å². The third-order valence-electron chi connectivity index (χ3n) is 5.64. The fourth-order valence-corrected chi connectivity index (χ4v) is 4.20. The number of benzene rings is 2. The van der Waals surface area contributed by atoms with Crippen LogP contribution in [0.25, 0.3) is 0 Å². The summed E-state index contributed by atoms with van der Waals surface area (Å²) in [6.07, 6.45) is 3.15. The third-order valence-corrected chi connectivity index (χ3v) is 5.64. The fraction of sp³-hybridized carbons (Fsp3) is 0.227. The molecule has 3 aromatic rings. The zero-order chi connectivity index (χ0) is 20.8. The number of anilines is 1. The lowest BCUT2D eigenvalue weighted by molar-refractivity contribution is 0.0586. The predicted octanol–water partition coefficient (Wildman–Crippen LogP) is 3.64. The van der Waals surface area contributed by atoms with Gasteiger partial charge in [0.25, 0.3) is 0 Å². The Bertz CT molecular complexity index is 1140. The Hall–Kier alpha value is -3.39. The lowest BCUT2D eigenvalue weighted by atomic mass is 10.0. The van der Waals surface area contributed by atoms with E-state index in [4.69, 9.17) is 4.74 Å². The number of hydrazine groups is 1. The molecule has 1 N–H and O–H groups in total. The molecule has 5 rings (SSSR count). The molecular weight excluding hydrogens is 390 g/mol. The van der Waals surface area contributed by atoms with Crippen molar-refractivity contribution in [1.82, 2.24) is 15.4 Å². The molecule has 6 nitrogen and oxygen atoms in total. The Morgan fingerprint density at radius 1 is 1.13 bits per heavy atom. The zero-order valence-electron chi connectivity index (χ0n) is 16.1. The maximum Gasteiger partial charge on any atom is 0.376 e. The summed E-state index contributed by atoms with van der Waals surface area (Å²) in [6, 6.07) is 10.5. The van der Waals surface area contributed by atoms with Gasteiger partial charge < -0.3 is 4.74 Å². The predicted molar refractivity (Wildman–Crippen MR) is 105 cm³/mol. The second-order valence-corrected chi connectivity index (χ2v) is 7.35. The van der Waals surface area contributed by atoms with Crippen molar-refractivity contribution in [3.05, 3.63) is 88.4 Å². The molecule has 0 bridgehead atoms. The molecule has 0 fully saturated rings. The van der Waals surface area contributed by atoms with E-state index < -0.39 is 5.97 Å². The highest BCUT2D eigenvalue weighted by molar-refractivity contribution is 5.85. The smallest absolute Gasteiger partial charge is 0.376 e. The quantitative estimate of drug-likeness (QED) is 0.668. The molecule has 30 heavy (non-hydrogen) atoms. The molecule has 1 aliphatic carbocycles. The summed E-state index contributed by atoms with van der Waals surface area (Å²) in [4.78, 5) is 20.6. The number of hydrogen-bond acceptors (Lipinski definition) is 6. The summed E-state index contributed by atoms with van der Waals surface area (Å²) < 4.78 is 32.1. The van der Waals surface area contributed by atoms with Gasteiger partial charge in [-0.3, -0.25) is 5.01 Å². The molecule has 0 saturated heterocycles. The summed E-state index contributed by atoms with van der Waals surface area (Å²) in [5.41, 5.74) is 6.95. The van der Waals surface area contributed by atoms with E-state index >= 15 is 0 Å². The van der Waals surface area contributed by atoms with Crippen LogP contribution in [0.5, 0.6) is 0 Å². The van der Waals surface area contributed by atoms with E-state index in [0.29, 0.717) is 5.82 Å². The van der Waals surface area contributed by atoms with Crippen molar-refractivity contribution in [2.75, 3.05) is 12.1 Å². The van der Waals surface area contributed by atoms with Crippen LogP contribution in [0.3, 0.4) is 0 Å². The highest BCUT2D eigenvalue weighted by Crippen LogP contribution is 2.44. The minimum Gasteiger partial charge on any atom is -0.463 e. The minimum absolute atomic E-state index is 0.0553. The topological polar surface area (TPSA) is 67.3 Å². The van der Waals surface area contributed by atoms with Gasteiger partial charge in [-0.2, -0.15) is 0 Å². The standard InChI is InChI=1S/C22H18F2N4O2/c1-30-22(29)20-25-11-17-19(13-3-6-14(23)7-4-13)27-28(21(17)26-20)18-9-5-12-2-8-15(24)10-16(12)18/h2-4,6-8,10-11,18-19,27H,5,9H2,1H3. The van der Waals surface area contributed by atoms with Gasteiger partial charge in [0.2, 0.25) is 5.82 Å². The maximum absolute atomic E-state index is 14.0. The third kappa shape index (κ3) is 3.00. The van der Waals surface area contributed by atoms with Gasteiger partial charge in [0.15, 0.2) is 5.82 Å². The summed E-state index contributed by atoms with van der Waals surface area (Å²) in [5, 5.41) is 1.86. The highest BCUT2D eigenvalue weighted by atomic mass is 19.1. The molecule has 2 heterocycles. The Morgan fingerprint density at radius 3 is 2.67 bits per heavy atom. The van der Waals surface area contributed by atoms with E-state index in [-0.39, 0.29) is 29.5 Å². The van der Waals surface area contributed by atoms with Crippen molar-refractivity contribution in [2.45, 2.75) is 24.9 Å². The molecule has 0 saturated carbocycles. The number of nitrogens with zero attached hydrogens (tertiary/aromatic N) is 3. The number of fused-ring (bicyclic) bond motifs is 2. The molecule has 152 valence electrons. The summed E-state index contributed by atoms with van der Waals surface area (Å²) in [5.74, 6) is -0.789. The van der Waals surface area contributed by atoms with Crippen LogP contribution in [0.4, 0.5) is 14.6 Å². The van der Waals surface area contributed by atoms with Crippen LogP contribution in [0.2, 0.25) is 0 Å². The van der Waals surface area contributed by atoms with Gasteiger partial charge in [-0.25, -0.2) is 29.0 Å². The van der Waals surface area contributed by atoms with E-state index in [0.717, 1.165) is 35.1 Å². The van der Waals surface area contributed by atoms with E-state index in [2.05, 4.69) is 15.4 Å². The van der Waals surface area contributed by atoms with Gasteiger partial charge in [0, 0.05) is 11.8 Å². The monoisotopic (exact) mass is 408 g/mol. The lowest BCUT2D eigenvalue weighted by Crippen LogP contribution is -2.38. The first-order chi connectivity index (χ1) is 14.5. The summed E-state index contributed by atoms with van der Waals surface area (Å²) >= 11 is 0. The molecule has 2 aliphatic rings. The molecule has 1 aliphatic heterocycles. The second kappa shape index (κ2) is 7.14. The Morgan fingerprint density at radius 2 is 1.90 bits per heavy atom. The highest BCUT2D eigenvalue weighted by Gasteiger charge is 2.39. The number of ether oxygens (including phenoxy) is 1. The van der Waals surface area contributed by atoms with Gasteiger partial charge in [0.1, 0.15) is 11.6 Å². The van der Waals surface area contributed by atoms with Gasteiger partial charge in [-0.15, -0.1) is 0 Å². The number of halogens is 2. The van der Waals surface area contributed by atoms with Crippen molar-refractivity contribution >= 4 is 11.8 Å². The molecule has 1 aromatic heterocycles. The van der Waals surface area contributed by atoms with Crippen molar-refractivity contribution in [3.8, 4) is 0 Å². The molecular formula is C22H18F2N4O2. The van der Waals surface area contributed by atoms with Gasteiger partial charge in [-0.1, -0.05) is 18.2 Å². The number of methoxy groups -OCH3 is 1. The minimum atomic E-state index is -0.638. The molecule has 2 atom stereocenters. The number of aromatic nitrogens is 2. The number of hydrogen-bond donors (Lipinski definition) is 1. The van der Waals surface area contributed by atoms with Gasteiger partial charge in [0.05, 0.1) is 19.2 Å². The lowest BCUT2D eigenvalue weighted by Gasteiger charge is -2.27. The molecule has 0 amide bonds. The van der Waals surface area contributed by atoms with Crippen LogP contribution >= 0.6 is 0 Å². The average molecular weight is 408 g/mol. The van der Waals surface area contributed by atoms with Crippen LogP contribution in [-0.2, 0) is 11.2 Å². The van der Waals surface area contributed by atoms with Crippen LogP contribution < -0.4 is 10.4 Å². The van der Waals surface area contributed by atoms with Crippen LogP contribution in [0, 0.1) is 11.6 Å². The largest absolute Gasteiger partial charge is 0.463 e. The number of aryl methyl sites for hydroxylation is 1. The summed E-state index contributed by atoms with van der Waals surface area (Å²) in [7, 11) is 1.27. The fourth-order valence-electron chi connectivity index (χ4n) is 4.20. The molecule has 2 unspecified atom stereocenters. The molecule has 0 radical (unpaired) electrons. The molecule has 8 heteroatoms. The average Bonchev–Trinajstić information content (AvgIpc) is 3.34. The van der Waals surface area contributed by atoms with E-state index in [9.17, 15) is 13.6 Å². The van der Waals surface area contributed by atoms with Crippen molar-refractivity contribution in [1.29, 1.82) is 0 Å². The Kier molecular flexibility index (Phi) is 4.43. The molecule has 2 aromatic carbocycles. The van der Waals surface area contributed by atoms with Crippen molar-refractivity contribution < 1.29 is 18.3 Å². The van der Waals surface area contributed by atoms with Crippen molar-refractivity contribution in [3.63, 3.8) is 0 Å². The van der Waals surface area contributed by atoms with E-state index in [1.165, 1.54) is 25.3 Å². The maximum atomic E-state index is 14.0. The van der Waals surface area contributed by atoms with Crippen LogP contribution in [-0.4, -0.2) is 23.0 Å². The second-order valence-electron chi connectivity index (χ2n) is 7.35. The van der Waals surface area contributed by atoms with Gasteiger partial charge >= 0.3 is 5.97 Å². The van der Waals surface area contributed by atoms with E-state index in [1.807, 2.05) is 5.01 Å². The Balaban J connectivity index is 1.60. The van der Waals surface area contributed by atoms with Crippen molar-refractivity contribution in [2.24, 2.45) is 0 Å². The first kappa shape index (κ1) is 18.6. The molecule has 0 spiro atoms. The summed E-state index contributed by atoms with van der Waals surface area (Å²) in [6.45, 7) is 0. The first-order valence-electron chi connectivity index (χ1n) is 9.59. The van der Waals surface area contributed by atoms with Gasteiger partial charge in [-0.05, 0) is 53.8 Å². The SMILES string of the molecule is COC(=O)c1ncc2c(n1)N(C1CCc3ccc(F)cc31)NC2c1ccc(F)cc1.